The maximum atomic E-state index is 13.5. The number of esters is 1. The molecule has 3 atom stereocenters. The first-order chi connectivity index (χ1) is 37.4. The summed E-state index contributed by atoms with van der Waals surface area (Å²) < 4.78 is 30.6. The number of amides is 1. The van der Waals surface area contributed by atoms with E-state index in [9.17, 15) is 19.0 Å². The Bertz CT molecular complexity index is 1730. The van der Waals surface area contributed by atoms with Crippen LogP contribution in [0.2, 0.25) is 0 Å². The summed E-state index contributed by atoms with van der Waals surface area (Å²) in [6.07, 6.45) is 77.6. The lowest BCUT2D eigenvalue weighted by Crippen LogP contribution is -2.47. The van der Waals surface area contributed by atoms with E-state index in [4.69, 9.17) is 13.8 Å². The zero-order chi connectivity index (χ0) is 56.4. The first-order valence-corrected chi connectivity index (χ1v) is 32.4. The number of hydrogen-bond acceptors (Lipinski definition) is 6. The molecule has 0 fully saturated rings. The van der Waals surface area contributed by atoms with Gasteiger partial charge in [-0.15, -0.1) is 0 Å². The van der Waals surface area contributed by atoms with Gasteiger partial charge in [-0.2, -0.15) is 0 Å². The normalized spacial score (nSPS) is 14.5. The van der Waals surface area contributed by atoms with Gasteiger partial charge in [0.1, 0.15) is 19.3 Å². The van der Waals surface area contributed by atoms with E-state index in [0.717, 1.165) is 109 Å². The highest BCUT2D eigenvalue weighted by Gasteiger charge is 2.30. The van der Waals surface area contributed by atoms with Gasteiger partial charge in [0.05, 0.1) is 33.8 Å². The van der Waals surface area contributed by atoms with Crippen molar-refractivity contribution in [1.82, 2.24) is 5.32 Å². The summed E-state index contributed by atoms with van der Waals surface area (Å²) in [4.78, 5) is 37.7. The highest BCUT2D eigenvalue weighted by molar-refractivity contribution is 7.47. The number of carbonyl (C=O) groups excluding carboxylic acids is 2. The molecule has 0 rings (SSSR count). The second-order valence-electron chi connectivity index (χ2n) is 21.5. The molecule has 0 radical (unpaired) electrons. The van der Waals surface area contributed by atoms with Crippen molar-refractivity contribution in [3.05, 3.63) is 122 Å². The molecule has 2 N–H and O–H groups in total. The number of hydrogen-bond donors (Lipinski definition) is 2. The molecule has 0 aromatic carbocycles. The molecule has 0 saturated carbocycles. The molecule has 440 valence electrons. The van der Waals surface area contributed by atoms with Gasteiger partial charge in [-0.25, -0.2) is 4.57 Å². The molecule has 77 heavy (non-hydrogen) atoms. The van der Waals surface area contributed by atoms with Crippen LogP contribution in [0.3, 0.4) is 0 Å². The molecule has 0 aromatic rings. The molecular weight excluding hydrogens is 976 g/mol. The molecule has 0 aliphatic heterocycles. The monoisotopic (exact) mass is 1090 g/mol. The van der Waals surface area contributed by atoms with E-state index >= 15 is 0 Å². The summed E-state index contributed by atoms with van der Waals surface area (Å²) in [5.41, 5.74) is 0. The summed E-state index contributed by atoms with van der Waals surface area (Å²) in [5, 5.41) is 3.03. The fourth-order valence-corrected chi connectivity index (χ4v) is 8.86. The predicted octanol–water partition coefficient (Wildman–Crippen LogP) is 19.1. The second kappa shape index (κ2) is 55.7. The number of carbonyl (C=O) groups is 2. The third kappa shape index (κ3) is 56.9. The van der Waals surface area contributed by atoms with Gasteiger partial charge in [-0.3, -0.25) is 18.6 Å². The fraction of sp³-hybridized carbons (Fsp3) is 0.672. The van der Waals surface area contributed by atoms with Gasteiger partial charge in [-0.05, 0) is 122 Å². The number of quaternary nitrogens is 1. The lowest BCUT2D eigenvalue weighted by molar-refractivity contribution is -0.870. The van der Waals surface area contributed by atoms with Crippen molar-refractivity contribution in [3.8, 4) is 0 Å². The first kappa shape index (κ1) is 73.4. The van der Waals surface area contributed by atoms with Crippen molar-refractivity contribution in [2.45, 2.75) is 251 Å². The quantitative estimate of drug-likeness (QED) is 0.0205. The topological polar surface area (TPSA) is 111 Å². The molecule has 0 aliphatic rings. The van der Waals surface area contributed by atoms with Gasteiger partial charge < -0.3 is 19.4 Å². The van der Waals surface area contributed by atoms with Gasteiger partial charge in [0.15, 0.2) is 0 Å². The average Bonchev–Trinajstić information content (AvgIpc) is 3.39. The lowest BCUT2D eigenvalue weighted by atomic mass is 10.0. The van der Waals surface area contributed by atoms with Crippen LogP contribution in [0.25, 0.3) is 0 Å². The SMILES string of the molecule is CC/C=C\C/C=C\C/C=C\C/C=C\C/C=C\CCCCCC(=O)NC(COP(=O)(O)OCC[N+](C)(C)C)C(/C=C/CCCCCCCCCCCCC)OC(=O)CCCCC/C=C\C/C=C\C/C=C\C/C=C\CCCCC. The Morgan fingerprint density at radius 1 is 0.468 bits per heavy atom. The van der Waals surface area contributed by atoms with Crippen LogP contribution < -0.4 is 5.32 Å². The first-order valence-electron chi connectivity index (χ1n) is 30.9. The minimum Gasteiger partial charge on any atom is -0.456 e. The molecule has 9 nitrogen and oxygen atoms in total. The molecule has 0 spiro atoms. The van der Waals surface area contributed by atoms with Crippen LogP contribution in [-0.4, -0.2) is 74.3 Å². The zero-order valence-corrected chi connectivity index (χ0v) is 51.1. The van der Waals surface area contributed by atoms with Crippen LogP contribution in [0.5, 0.6) is 0 Å². The smallest absolute Gasteiger partial charge is 0.456 e. The summed E-state index contributed by atoms with van der Waals surface area (Å²) in [6, 6.07) is -0.888. The number of allylic oxidation sites excluding steroid dienone is 19. The van der Waals surface area contributed by atoms with E-state index in [1.54, 1.807) is 0 Å². The van der Waals surface area contributed by atoms with Crippen molar-refractivity contribution in [2.24, 2.45) is 0 Å². The van der Waals surface area contributed by atoms with E-state index in [0.29, 0.717) is 23.9 Å². The molecule has 0 heterocycles. The zero-order valence-electron chi connectivity index (χ0n) is 50.2. The van der Waals surface area contributed by atoms with Crippen LogP contribution in [0.4, 0.5) is 0 Å². The Labute approximate surface area is 473 Å². The van der Waals surface area contributed by atoms with Gasteiger partial charge in [0.2, 0.25) is 5.91 Å². The van der Waals surface area contributed by atoms with E-state index in [1.807, 2.05) is 33.3 Å². The Morgan fingerprint density at radius 2 is 0.831 bits per heavy atom. The number of rotatable bonds is 54. The molecule has 10 heteroatoms. The summed E-state index contributed by atoms with van der Waals surface area (Å²) in [5.74, 6) is -0.586. The Hall–Kier alpha value is -3.59. The molecule has 0 aromatic heterocycles. The molecule has 0 aliphatic carbocycles. The van der Waals surface area contributed by atoms with Crippen molar-refractivity contribution in [1.29, 1.82) is 0 Å². The highest BCUT2D eigenvalue weighted by atomic mass is 31.2. The minimum atomic E-state index is -4.47. The molecular formula is C67H116N2O7P+. The number of nitrogens with zero attached hydrogens (tertiary/aromatic N) is 1. The number of ether oxygens (including phenoxy) is 1. The van der Waals surface area contributed by atoms with Crippen molar-refractivity contribution < 1.29 is 37.3 Å². The number of unbranched alkanes of at least 4 members (excludes halogenated alkanes) is 20. The van der Waals surface area contributed by atoms with Crippen molar-refractivity contribution >= 4 is 19.7 Å². The minimum absolute atomic E-state index is 0.0214. The average molecular weight is 1090 g/mol. The van der Waals surface area contributed by atoms with Crippen LogP contribution in [0, 0.1) is 0 Å². The Morgan fingerprint density at radius 3 is 1.27 bits per heavy atom. The van der Waals surface area contributed by atoms with E-state index in [2.05, 4.69) is 135 Å². The summed E-state index contributed by atoms with van der Waals surface area (Å²) in [6.45, 7) is 6.81. The van der Waals surface area contributed by atoms with E-state index in [1.165, 1.54) is 83.5 Å². The predicted molar refractivity (Wildman–Crippen MR) is 332 cm³/mol. The second-order valence-corrected chi connectivity index (χ2v) is 22.9. The summed E-state index contributed by atoms with van der Waals surface area (Å²) in [7, 11) is 1.44. The summed E-state index contributed by atoms with van der Waals surface area (Å²) >= 11 is 0. The van der Waals surface area contributed by atoms with Crippen LogP contribution in [0.1, 0.15) is 239 Å². The van der Waals surface area contributed by atoms with E-state index < -0.39 is 20.0 Å². The van der Waals surface area contributed by atoms with Crippen molar-refractivity contribution in [2.75, 3.05) is 40.9 Å². The molecule has 0 saturated heterocycles. The maximum absolute atomic E-state index is 13.5. The van der Waals surface area contributed by atoms with Crippen LogP contribution in [-0.2, 0) is 27.9 Å². The number of likely N-dealkylation sites (N-methyl/N-ethyl adjacent to an activating group) is 1. The fourth-order valence-electron chi connectivity index (χ4n) is 8.12. The third-order valence-corrected chi connectivity index (χ3v) is 13.9. The number of phosphoric acid groups is 1. The van der Waals surface area contributed by atoms with Crippen LogP contribution in [0.15, 0.2) is 122 Å². The largest absolute Gasteiger partial charge is 0.472 e. The van der Waals surface area contributed by atoms with Crippen LogP contribution >= 0.6 is 7.82 Å². The standard InChI is InChI=1S/C67H115N2O7P/c1-7-10-13-16-19-22-25-28-30-32-34-36-38-41-44-47-50-53-56-59-66(70)68-64(63-75-77(72,73)74-62-61-69(4,5)6)65(58-55-52-49-46-43-40-27-24-21-18-15-12-9-3)76-67(71)60-57-54-51-48-45-42-39-37-35-33-31-29-26-23-20-17-14-11-8-2/h10,13,19-20,22-23,28-31,34-37,41-42,44-45,55,58,64-65H,7-9,11-12,14-18,21,24-27,32-33,38-40,43,46-54,56-57,59-63H2,1-6H3,(H-,68,70,72,73)/p+1/b13-10-,22-19-,23-20-,30-28-,31-29-,36-34-,37-35-,44-41-,45-42-,58-55+. The maximum Gasteiger partial charge on any atom is 0.472 e. The third-order valence-electron chi connectivity index (χ3n) is 12.9. The highest BCUT2D eigenvalue weighted by Crippen LogP contribution is 2.43. The van der Waals surface area contributed by atoms with Gasteiger partial charge >= 0.3 is 13.8 Å². The Balaban J connectivity index is 5.44. The van der Waals surface area contributed by atoms with Gasteiger partial charge in [-0.1, -0.05) is 226 Å². The van der Waals surface area contributed by atoms with Crippen molar-refractivity contribution in [3.63, 3.8) is 0 Å². The number of nitrogens with one attached hydrogen (secondary N) is 1. The molecule has 3 unspecified atom stereocenters. The lowest BCUT2D eigenvalue weighted by Gasteiger charge is -2.27. The van der Waals surface area contributed by atoms with E-state index in [-0.39, 0.29) is 37.9 Å². The number of phosphoric ester groups is 1. The molecule has 1 amide bonds. The molecule has 0 bridgehead atoms. The van der Waals surface area contributed by atoms with Gasteiger partial charge in [0.25, 0.3) is 0 Å². The van der Waals surface area contributed by atoms with Gasteiger partial charge in [0, 0.05) is 12.8 Å². The Kier molecular flexibility index (Phi) is 53.1.